The van der Waals surface area contributed by atoms with Gasteiger partial charge >= 0.3 is 0 Å². The molecule has 0 bridgehead atoms. The second kappa shape index (κ2) is 11.0. The summed E-state index contributed by atoms with van der Waals surface area (Å²) in [6.07, 6.45) is 1.22. The zero-order valence-electron chi connectivity index (χ0n) is 18.2. The Hall–Kier alpha value is -3.75. The van der Waals surface area contributed by atoms with E-state index in [1.165, 1.54) is 4.90 Å². The average Bonchev–Trinajstić information content (AvgIpc) is 3.32. The number of carbonyl (C=O) groups excluding carboxylic acids is 3. The summed E-state index contributed by atoms with van der Waals surface area (Å²) in [5, 5.41) is 2.96. The van der Waals surface area contributed by atoms with Gasteiger partial charge in [-0.2, -0.15) is 0 Å². The van der Waals surface area contributed by atoms with E-state index in [2.05, 4.69) is 16.2 Å². The lowest BCUT2D eigenvalue weighted by Gasteiger charge is -2.25. The zero-order valence-corrected chi connectivity index (χ0v) is 18.2. The number of amides is 3. The summed E-state index contributed by atoms with van der Waals surface area (Å²) in [5.41, 5.74) is 5.99. The van der Waals surface area contributed by atoms with Gasteiger partial charge in [0.2, 0.25) is 0 Å². The first-order valence-corrected chi connectivity index (χ1v) is 10.5. The highest BCUT2D eigenvalue weighted by atomic mass is 16.5. The van der Waals surface area contributed by atoms with Gasteiger partial charge in [0.05, 0.1) is 25.8 Å². The second-order valence-corrected chi connectivity index (χ2v) is 7.21. The Morgan fingerprint density at radius 2 is 1.81 bits per heavy atom. The van der Waals surface area contributed by atoms with Crippen LogP contribution in [0.5, 0.6) is 11.5 Å². The minimum absolute atomic E-state index is 0.0261. The molecule has 3 N–H and O–H groups in total. The summed E-state index contributed by atoms with van der Waals surface area (Å²) < 4.78 is 10.6. The first kappa shape index (κ1) is 22.9. The first-order chi connectivity index (χ1) is 15.5. The van der Waals surface area contributed by atoms with E-state index in [9.17, 15) is 14.4 Å². The largest absolute Gasteiger partial charge is 0.497 e. The number of anilines is 1. The van der Waals surface area contributed by atoms with Crippen LogP contribution in [0.25, 0.3) is 0 Å². The molecule has 0 aliphatic carbocycles. The highest BCUT2D eigenvalue weighted by molar-refractivity contribution is 6.00. The van der Waals surface area contributed by atoms with E-state index in [0.717, 1.165) is 5.69 Å². The van der Waals surface area contributed by atoms with Crippen LogP contribution in [0.3, 0.4) is 0 Å². The number of nitrogens with one attached hydrogen (secondary N) is 3. The summed E-state index contributed by atoms with van der Waals surface area (Å²) >= 11 is 0. The van der Waals surface area contributed by atoms with Crippen molar-refractivity contribution in [1.82, 2.24) is 15.8 Å². The number of benzene rings is 2. The third-order valence-corrected chi connectivity index (χ3v) is 5.10. The summed E-state index contributed by atoms with van der Waals surface area (Å²) in [7, 11) is 1.58. The predicted octanol–water partition coefficient (Wildman–Crippen LogP) is 1.96. The number of hydrazine groups is 1. The molecule has 0 saturated carbocycles. The van der Waals surface area contributed by atoms with Gasteiger partial charge in [0, 0.05) is 12.2 Å². The van der Waals surface area contributed by atoms with Crippen molar-refractivity contribution in [2.45, 2.75) is 25.8 Å². The monoisotopic (exact) mass is 440 g/mol. The van der Waals surface area contributed by atoms with Crippen molar-refractivity contribution < 1.29 is 23.9 Å². The van der Waals surface area contributed by atoms with Crippen LogP contribution in [0.1, 0.15) is 30.1 Å². The lowest BCUT2D eigenvalue weighted by molar-refractivity contribution is -0.130. The molecule has 2 aromatic carbocycles. The fraction of sp³-hybridized carbons (Fsp3) is 0.348. The Labute approximate surface area is 187 Å². The lowest BCUT2D eigenvalue weighted by Crippen LogP contribution is -2.52. The average molecular weight is 441 g/mol. The molecule has 3 rings (SSSR count). The molecule has 1 atom stereocenters. The molecule has 9 nitrogen and oxygen atoms in total. The number of para-hydroxylation sites is 1. The number of rotatable bonds is 8. The van der Waals surface area contributed by atoms with Crippen molar-refractivity contribution in [3.8, 4) is 11.5 Å². The van der Waals surface area contributed by atoms with Crippen LogP contribution in [-0.2, 0) is 9.59 Å². The van der Waals surface area contributed by atoms with Gasteiger partial charge in [-0.15, -0.1) is 0 Å². The fourth-order valence-corrected chi connectivity index (χ4v) is 3.51. The molecule has 0 aromatic heterocycles. The molecule has 0 spiro atoms. The number of carbonyl (C=O) groups is 3. The Kier molecular flexibility index (Phi) is 7.91. The molecule has 0 radical (unpaired) electrons. The lowest BCUT2D eigenvalue weighted by atomic mass is 10.1. The van der Waals surface area contributed by atoms with Crippen molar-refractivity contribution in [3.63, 3.8) is 0 Å². The van der Waals surface area contributed by atoms with Crippen LogP contribution < -0.4 is 25.6 Å². The first-order valence-electron chi connectivity index (χ1n) is 10.5. The molecule has 2 aromatic rings. The van der Waals surface area contributed by atoms with Crippen molar-refractivity contribution >= 4 is 23.4 Å². The molecule has 170 valence electrons. The normalized spacial score (nSPS) is 15.1. The van der Waals surface area contributed by atoms with E-state index in [-0.39, 0.29) is 12.5 Å². The molecule has 3 amide bonds. The molecule has 1 fully saturated rings. The zero-order chi connectivity index (χ0) is 22.9. The smallest absolute Gasteiger partial charge is 0.261 e. The van der Waals surface area contributed by atoms with Crippen LogP contribution in [-0.4, -0.2) is 55.5 Å². The van der Waals surface area contributed by atoms with Crippen molar-refractivity contribution in [3.05, 3.63) is 54.1 Å². The number of hydrogen-bond donors (Lipinski definition) is 3. The van der Waals surface area contributed by atoms with Crippen molar-refractivity contribution in [1.29, 1.82) is 0 Å². The maximum absolute atomic E-state index is 13.1. The number of ether oxygens (including phenoxy) is 2. The van der Waals surface area contributed by atoms with Crippen LogP contribution >= 0.6 is 0 Å². The molecule has 1 aliphatic heterocycles. The van der Waals surface area contributed by atoms with Gasteiger partial charge < -0.3 is 19.7 Å². The molecule has 1 saturated heterocycles. The minimum atomic E-state index is -0.660. The Morgan fingerprint density at radius 1 is 1.06 bits per heavy atom. The third kappa shape index (κ3) is 5.69. The van der Waals surface area contributed by atoms with E-state index >= 15 is 0 Å². The molecule has 1 heterocycles. The van der Waals surface area contributed by atoms with Gasteiger partial charge in [0.1, 0.15) is 17.5 Å². The van der Waals surface area contributed by atoms with E-state index < -0.39 is 17.9 Å². The highest BCUT2D eigenvalue weighted by Gasteiger charge is 2.35. The van der Waals surface area contributed by atoms with E-state index in [1.54, 1.807) is 55.6 Å². The van der Waals surface area contributed by atoms with Gasteiger partial charge in [0.15, 0.2) is 0 Å². The maximum Gasteiger partial charge on any atom is 0.261 e. The van der Waals surface area contributed by atoms with Gasteiger partial charge in [0.25, 0.3) is 17.7 Å². The molecular weight excluding hydrogens is 412 g/mol. The maximum atomic E-state index is 13.1. The van der Waals surface area contributed by atoms with Crippen molar-refractivity contribution in [2.24, 2.45) is 0 Å². The van der Waals surface area contributed by atoms with Crippen LogP contribution in [0, 0.1) is 0 Å². The van der Waals surface area contributed by atoms with E-state index in [0.29, 0.717) is 43.1 Å². The van der Waals surface area contributed by atoms with Gasteiger partial charge in [-0.3, -0.25) is 25.2 Å². The number of methoxy groups -OCH3 is 1. The summed E-state index contributed by atoms with van der Waals surface area (Å²) in [6.45, 7) is 2.72. The van der Waals surface area contributed by atoms with Crippen molar-refractivity contribution in [2.75, 3.05) is 32.1 Å². The van der Waals surface area contributed by atoms with E-state index in [4.69, 9.17) is 9.47 Å². The fourth-order valence-electron chi connectivity index (χ4n) is 3.51. The minimum Gasteiger partial charge on any atom is -0.497 e. The standard InChI is InChI=1S/C23H28N4O5/c1-3-32-20-9-5-4-7-18(20)23(30)27-14-6-8-19(27)22(29)26-25-21(28)15-24-16-10-12-17(31-2)13-11-16/h4-5,7,9-13,19,24H,3,6,8,14-15H2,1-2H3,(H,25,28)(H,26,29). The van der Waals surface area contributed by atoms with Crippen LogP contribution in [0.4, 0.5) is 5.69 Å². The summed E-state index contributed by atoms with van der Waals surface area (Å²) in [5.74, 6) is 0.101. The number of hydrogen-bond acceptors (Lipinski definition) is 6. The SMILES string of the molecule is CCOc1ccccc1C(=O)N1CCCC1C(=O)NNC(=O)CNc1ccc(OC)cc1. The molecular formula is C23H28N4O5. The van der Waals surface area contributed by atoms with E-state index in [1.807, 2.05) is 6.92 Å². The number of likely N-dealkylation sites (tertiary alicyclic amines) is 1. The second-order valence-electron chi connectivity index (χ2n) is 7.21. The third-order valence-electron chi connectivity index (χ3n) is 5.10. The Morgan fingerprint density at radius 3 is 2.53 bits per heavy atom. The van der Waals surface area contributed by atoms with Gasteiger partial charge in [-0.1, -0.05) is 12.1 Å². The van der Waals surface area contributed by atoms with Crippen LogP contribution in [0.2, 0.25) is 0 Å². The Balaban J connectivity index is 1.52. The molecule has 32 heavy (non-hydrogen) atoms. The molecule has 9 heteroatoms. The van der Waals surface area contributed by atoms with Gasteiger partial charge in [-0.25, -0.2) is 0 Å². The quantitative estimate of drug-likeness (QED) is 0.542. The Bertz CT molecular complexity index is 948. The molecule has 1 aliphatic rings. The summed E-state index contributed by atoms with van der Waals surface area (Å²) in [6, 6.07) is 13.4. The number of nitrogens with zero attached hydrogens (tertiary/aromatic N) is 1. The topological polar surface area (TPSA) is 109 Å². The van der Waals surface area contributed by atoms with Crippen LogP contribution in [0.15, 0.2) is 48.5 Å². The predicted molar refractivity (Wildman–Crippen MR) is 119 cm³/mol. The summed E-state index contributed by atoms with van der Waals surface area (Å²) in [4.78, 5) is 39.4. The molecule has 1 unspecified atom stereocenters. The van der Waals surface area contributed by atoms with Gasteiger partial charge in [-0.05, 0) is 56.2 Å². The highest BCUT2D eigenvalue weighted by Crippen LogP contribution is 2.25.